The number of carbonyl (C=O) groups is 3. The van der Waals surface area contributed by atoms with Crippen molar-refractivity contribution in [1.29, 1.82) is 0 Å². The molecule has 2 saturated heterocycles. The first-order valence-corrected chi connectivity index (χ1v) is 9.96. The van der Waals surface area contributed by atoms with Crippen LogP contribution in [0.3, 0.4) is 0 Å². The van der Waals surface area contributed by atoms with Crippen molar-refractivity contribution in [3.05, 3.63) is 35.4 Å². The fourth-order valence-electron chi connectivity index (χ4n) is 4.46. The quantitative estimate of drug-likeness (QED) is 0.636. The number of nitrogens with zero attached hydrogens (tertiary/aromatic N) is 1. The molecular weight excluding hydrogens is 356 g/mol. The third kappa shape index (κ3) is 3.04. The molecule has 0 radical (unpaired) electrons. The van der Waals surface area contributed by atoms with E-state index >= 15 is 0 Å². The molecule has 152 valence electrons. The largest absolute Gasteiger partial charge is 0.465 e. The molecule has 2 heterocycles. The third-order valence-corrected chi connectivity index (χ3v) is 6.03. The van der Waals surface area contributed by atoms with Gasteiger partial charge in [0.15, 0.2) is 0 Å². The summed E-state index contributed by atoms with van der Waals surface area (Å²) in [6.07, 6.45) is 0. The number of nitrogens with one attached hydrogen (secondary N) is 1. The Morgan fingerprint density at radius 1 is 1.14 bits per heavy atom. The van der Waals surface area contributed by atoms with Crippen LogP contribution in [0.15, 0.2) is 24.3 Å². The normalized spacial score (nSPS) is 29.9. The zero-order valence-corrected chi connectivity index (χ0v) is 17.5. The van der Waals surface area contributed by atoms with Crippen molar-refractivity contribution in [1.82, 2.24) is 10.2 Å². The molecule has 2 amide bonds. The number of ether oxygens (including phenoxy) is 1. The Bertz CT molecular complexity index is 796. The summed E-state index contributed by atoms with van der Waals surface area (Å²) in [5.74, 6) is -2.37. The molecular formula is C22H30N2O4. The molecule has 0 saturated carbocycles. The molecule has 0 aromatic heterocycles. The van der Waals surface area contributed by atoms with Gasteiger partial charge in [0.2, 0.25) is 11.8 Å². The lowest BCUT2D eigenvalue weighted by atomic mass is 9.80. The van der Waals surface area contributed by atoms with Crippen molar-refractivity contribution in [2.75, 3.05) is 13.2 Å². The summed E-state index contributed by atoms with van der Waals surface area (Å²) < 4.78 is 5.25. The minimum Gasteiger partial charge on any atom is -0.465 e. The molecule has 6 nitrogen and oxygen atoms in total. The van der Waals surface area contributed by atoms with Crippen LogP contribution >= 0.6 is 0 Å². The summed E-state index contributed by atoms with van der Waals surface area (Å²) in [5, 5.41) is 3.29. The fourth-order valence-corrected chi connectivity index (χ4v) is 4.46. The second kappa shape index (κ2) is 6.99. The van der Waals surface area contributed by atoms with E-state index in [4.69, 9.17) is 4.74 Å². The van der Waals surface area contributed by atoms with Crippen LogP contribution in [-0.4, -0.2) is 41.4 Å². The molecule has 3 rings (SSSR count). The highest BCUT2D eigenvalue weighted by atomic mass is 16.5. The van der Waals surface area contributed by atoms with Gasteiger partial charge in [0, 0.05) is 12.6 Å². The number of amides is 2. The Labute approximate surface area is 166 Å². The van der Waals surface area contributed by atoms with E-state index in [2.05, 4.69) is 26.1 Å². The van der Waals surface area contributed by atoms with Crippen molar-refractivity contribution in [2.24, 2.45) is 11.8 Å². The van der Waals surface area contributed by atoms with Gasteiger partial charge in [-0.05, 0) is 37.3 Å². The number of rotatable bonds is 4. The van der Waals surface area contributed by atoms with Crippen LogP contribution in [0.2, 0.25) is 0 Å². The zero-order valence-electron chi connectivity index (χ0n) is 17.5. The van der Waals surface area contributed by atoms with E-state index in [1.54, 1.807) is 20.8 Å². The van der Waals surface area contributed by atoms with E-state index in [0.717, 1.165) is 5.56 Å². The van der Waals surface area contributed by atoms with Crippen LogP contribution in [-0.2, 0) is 24.5 Å². The first kappa shape index (κ1) is 20.5. The summed E-state index contributed by atoms with van der Waals surface area (Å²) in [4.78, 5) is 40.0. The van der Waals surface area contributed by atoms with E-state index < -0.39 is 29.4 Å². The summed E-state index contributed by atoms with van der Waals surface area (Å²) in [6.45, 7) is 12.1. The summed E-state index contributed by atoms with van der Waals surface area (Å²) in [6, 6.07) is 7.65. The molecule has 0 spiro atoms. The van der Waals surface area contributed by atoms with Gasteiger partial charge in [-0.25, -0.2) is 0 Å². The second-order valence-corrected chi connectivity index (χ2v) is 8.84. The Hall–Kier alpha value is -2.21. The molecule has 4 atom stereocenters. The topological polar surface area (TPSA) is 75.7 Å². The highest BCUT2D eigenvalue weighted by Gasteiger charge is 2.66. The summed E-state index contributed by atoms with van der Waals surface area (Å²) in [7, 11) is 0. The standard InChI is InChI=1S/C22H30N2O4/c1-7-24-18(25)15-16(19(24)26)22(6,20(27)28-8-2)23-17(15)13-9-11-14(12-10-13)21(3,4)5/h9-12,15-17,23H,7-8H2,1-6H3/t15?,16?,17?,22-/m1/s1. The average molecular weight is 386 g/mol. The second-order valence-electron chi connectivity index (χ2n) is 8.84. The maximum atomic E-state index is 13.0. The highest BCUT2D eigenvalue weighted by Crippen LogP contribution is 2.49. The Kier molecular flexibility index (Phi) is 5.13. The van der Waals surface area contributed by atoms with Gasteiger partial charge in [0.1, 0.15) is 5.54 Å². The van der Waals surface area contributed by atoms with Gasteiger partial charge in [-0.2, -0.15) is 0 Å². The molecule has 1 N–H and O–H groups in total. The van der Waals surface area contributed by atoms with Crippen LogP contribution in [0, 0.1) is 11.8 Å². The minimum absolute atomic E-state index is 0.0156. The van der Waals surface area contributed by atoms with Gasteiger partial charge in [0.05, 0.1) is 18.4 Å². The Morgan fingerprint density at radius 2 is 1.75 bits per heavy atom. The number of hydrogen-bond donors (Lipinski definition) is 1. The van der Waals surface area contributed by atoms with E-state index in [1.165, 1.54) is 10.5 Å². The molecule has 3 unspecified atom stereocenters. The predicted octanol–water partition coefficient (Wildman–Crippen LogP) is 2.57. The van der Waals surface area contributed by atoms with Crippen molar-refractivity contribution < 1.29 is 19.1 Å². The average Bonchev–Trinajstić information content (AvgIpc) is 3.09. The molecule has 0 bridgehead atoms. The first-order valence-electron chi connectivity index (χ1n) is 9.96. The van der Waals surface area contributed by atoms with Gasteiger partial charge in [-0.1, -0.05) is 45.0 Å². The monoisotopic (exact) mass is 386 g/mol. The van der Waals surface area contributed by atoms with Crippen LogP contribution in [0.4, 0.5) is 0 Å². The molecule has 0 aliphatic carbocycles. The number of esters is 1. The molecule has 2 aliphatic heterocycles. The number of benzene rings is 1. The highest BCUT2D eigenvalue weighted by molar-refractivity contribution is 6.09. The summed E-state index contributed by atoms with van der Waals surface area (Å²) in [5.41, 5.74) is 0.866. The van der Waals surface area contributed by atoms with E-state index in [-0.39, 0.29) is 23.8 Å². The molecule has 2 aliphatic rings. The lowest BCUT2D eigenvalue weighted by Gasteiger charge is -2.29. The molecule has 28 heavy (non-hydrogen) atoms. The van der Waals surface area contributed by atoms with Gasteiger partial charge in [-0.15, -0.1) is 0 Å². The van der Waals surface area contributed by atoms with E-state index in [9.17, 15) is 14.4 Å². The summed E-state index contributed by atoms with van der Waals surface area (Å²) >= 11 is 0. The number of imide groups is 1. The van der Waals surface area contributed by atoms with Crippen LogP contribution in [0.1, 0.15) is 58.7 Å². The maximum Gasteiger partial charge on any atom is 0.326 e. The molecule has 1 aromatic carbocycles. The predicted molar refractivity (Wildman–Crippen MR) is 105 cm³/mol. The maximum absolute atomic E-state index is 13.0. The zero-order chi connectivity index (χ0) is 20.9. The van der Waals surface area contributed by atoms with Gasteiger partial charge in [0.25, 0.3) is 0 Å². The van der Waals surface area contributed by atoms with Crippen LogP contribution < -0.4 is 5.32 Å². The number of hydrogen-bond acceptors (Lipinski definition) is 5. The first-order chi connectivity index (χ1) is 13.1. The molecule has 2 fully saturated rings. The number of likely N-dealkylation sites (tertiary alicyclic amines) is 1. The van der Waals surface area contributed by atoms with Gasteiger partial charge in [-0.3, -0.25) is 24.6 Å². The number of carbonyl (C=O) groups excluding carboxylic acids is 3. The smallest absolute Gasteiger partial charge is 0.326 e. The van der Waals surface area contributed by atoms with Crippen molar-refractivity contribution in [3.8, 4) is 0 Å². The Balaban J connectivity index is 2.04. The SMILES string of the molecule is CCOC(=O)[C@]1(C)NC(c2ccc(C(C)(C)C)cc2)C2C(=O)N(CC)C(=O)C21. The molecule has 6 heteroatoms. The minimum atomic E-state index is -1.23. The third-order valence-electron chi connectivity index (χ3n) is 6.03. The lowest BCUT2D eigenvalue weighted by molar-refractivity contribution is -0.155. The van der Waals surface area contributed by atoms with Crippen LogP contribution in [0.25, 0.3) is 0 Å². The molecule has 1 aromatic rings. The van der Waals surface area contributed by atoms with Gasteiger partial charge < -0.3 is 4.74 Å². The number of fused-ring (bicyclic) bond motifs is 1. The van der Waals surface area contributed by atoms with Crippen molar-refractivity contribution in [2.45, 2.75) is 58.5 Å². The van der Waals surface area contributed by atoms with E-state index in [1.807, 2.05) is 24.3 Å². The fraction of sp³-hybridized carbons (Fsp3) is 0.591. The lowest BCUT2D eigenvalue weighted by Crippen LogP contribution is -2.54. The van der Waals surface area contributed by atoms with E-state index in [0.29, 0.717) is 6.54 Å². The Morgan fingerprint density at radius 3 is 2.25 bits per heavy atom. The van der Waals surface area contributed by atoms with Crippen molar-refractivity contribution >= 4 is 17.8 Å². The van der Waals surface area contributed by atoms with Crippen LogP contribution in [0.5, 0.6) is 0 Å². The van der Waals surface area contributed by atoms with Gasteiger partial charge >= 0.3 is 5.97 Å². The van der Waals surface area contributed by atoms with Crippen molar-refractivity contribution in [3.63, 3.8) is 0 Å².